The van der Waals surface area contributed by atoms with Gasteiger partial charge in [-0.3, -0.25) is 9.59 Å². The van der Waals surface area contributed by atoms with Gasteiger partial charge in [-0.05, 0) is 32.6 Å². The summed E-state index contributed by atoms with van der Waals surface area (Å²) >= 11 is 0. The predicted molar refractivity (Wildman–Crippen MR) is 70.3 cm³/mol. The van der Waals surface area contributed by atoms with E-state index in [0.717, 1.165) is 19.3 Å². The van der Waals surface area contributed by atoms with E-state index in [0.29, 0.717) is 6.42 Å². The molecule has 0 aromatic carbocycles. The van der Waals surface area contributed by atoms with E-state index in [4.69, 9.17) is 4.74 Å². The molecule has 1 heterocycles. The van der Waals surface area contributed by atoms with E-state index in [1.807, 2.05) is 20.8 Å². The molecule has 2 unspecified atom stereocenters. The Labute approximate surface area is 114 Å². The standard InChI is InChI=1S/C15H23NO3/c1-13(2)14(3)8-9-15(13,19-12(14)18)11(17)16-10-6-4-5-7-10/h10H,4-9H2,1-3H3,(H,16,17). The second kappa shape index (κ2) is 3.74. The van der Waals surface area contributed by atoms with E-state index in [1.54, 1.807) is 0 Å². The smallest absolute Gasteiger partial charge is 0.313 e. The highest BCUT2D eigenvalue weighted by Crippen LogP contribution is 2.65. The fourth-order valence-corrected chi connectivity index (χ4v) is 4.12. The fourth-order valence-electron chi connectivity index (χ4n) is 4.12. The summed E-state index contributed by atoms with van der Waals surface area (Å²) in [5.74, 6) is -0.274. The van der Waals surface area contributed by atoms with E-state index < -0.39 is 16.4 Å². The zero-order valence-electron chi connectivity index (χ0n) is 12.0. The molecule has 2 bridgehead atoms. The van der Waals surface area contributed by atoms with Crippen molar-refractivity contribution >= 4 is 11.9 Å². The number of hydrogen-bond donors (Lipinski definition) is 1. The van der Waals surface area contributed by atoms with E-state index in [1.165, 1.54) is 12.8 Å². The van der Waals surface area contributed by atoms with Gasteiger partial charge in [0.25, 0.3) is 5.91 Å². The predicted octanol–water partition coefficient (Wildman–Crippen LogP) is 2.17. The van der Waals surface area contributed by atoms with Crippen molar-refractivity contribution in [1.82, 2.24) is 5.32 Å². The summed E-state index contributed by atoms with van der Waals surface area (Å²) < 4.78 is 5.59. The number of hydrogen-bond acceptors (Lipinski definition) is 3. The number of carbonyl (C=O) groups is 2. The minimum absolute atomic E-state index is 0.0704. The lowest BCUT2D eigenvalue weighted by atomic mass is 9.66. The molecule has 0 aromatic rings. The Morgan fingerprint density at radius 1 is 1.21 bits per heavy atom. The average Bonchev–Trinajstić information content (AvgIpc) is 2.94. The molecule has 106 valence electrons. The van der Waals surface area contributed by atoms with Crippen LogP contribution in [-0.2, 0) is 14.3 Å². The quantitative estimate of drug-likeness (QED) is 0.778. The van der Waals surface area contributed by atoms with Crippen LogP contribution in [0.4, 0.5) is 0 Å². The molecule has 2 atom stereocenters. The van der Waals surface area contributed by atoms with Crippen LogP contribution in [0.3, 0.4) is 0 Å². The van der Waals surface area contributed by atoms with Crippen LogP contribution in [-0.4, -0.2) is 23.5 Å². The van der Waals surface area contributed by atoms with E-state index in [2.05, 4.69) is 5.32 Å². The number of rotatable bonds is 2. The Kier molecular flexibility index (Phi) is 2.55. The molecule has 0 aromatic heterocycles. The summed E-state index contributed by atoms with van der Waals surface area (Å²) in [6.45, 7) is 5.94. The van der Waals surface area contributed by atoms with Crippen molar-refractivity contribution in [2.45, 2.75) is 70.9 Å². The summed E-state index contributed by atoms with van der Waals surface area (Å²) in [7, 11) is 0. The van der Waals surface area contributed by atoms with Crippen LogP contribution >= 0.6 is 0 Å². The van der Waals surface area contributed by atoms with Crippen LogP contribution in [0.5, 0.6) is 0 Å². The highest BCUT2D eigenvalue weighted by atomic mass is 16.6. The van der Waals surface area contributed by atoms with E-state index in [-0.39, 0.29) is 17.9 Å². The van der Waals surface area contributed by atoms with Gasteiger partial charge in [0.15, 0.2) is 5.60 Å². The molecule has 4 heteroatoms. The Morgan fingerprint density at radius 3 is 2.32 bits per heavy atom. The number of nitrogens with one attached hydrogen (secondary N) is 1. The van der Waals surface area contributed by atoms with Crippen LogP contribution in [0.2, 0.25) is 0 Å². The van der Waals surface area contributed by atoms with Crippen molar-refractivity contribution in [3.63, 3.8) is 0 Å². The summed E-state index contributed by atoms with van der Waals surface area (Å²) in [6, 6.07) is 0.267. The summed E-state index contributed by atoms with van der Waals surface area (Å²) in [5.41, 5.74) is -1.89. The molecule has 1 amide bonds. The SMILES string of the molecule is CC12CCC(C(=O)NC3CCCC3)(OC1=O)C2(C)C. The highest BCUT2D eigenvalue weighted by Gasteiger charge is 2.75. The molecule has 1 saturated heterocycles. The first-order valence-corrected chi connectivity index (χ1v) is 7.38. The van der Waals surface area contributed by atoms with Gasteiger partial charge in [-0.25, -0.2) is 0 Å². The molecule has 0 radical (unpaired) electrons. The molecule has 19 heavy (non-hydrogen) atoms. The van der Waals surface area contributed by atoms with Crippen molar-refractivity contribution < 1.29 is 14.3 Å². The minimum atomic E-state index is -0.943. The number of fused-ring (bicyclic) bond motifs is 2. The van der Waals surface area contributed by atoms with Gasteiger partial charge in [0.2, 0.25) is 0 Å². The molecule has 2 aliphatic carbocycles. The molecule has 3 fully saturated rings. The van der Waals surface area contributed by atoms with Gasteiger partial charge < -0.3 is 10.1 Å². The van der Waals surface area contributed by atoms with Gasteiger partial charge >= 0.3 is 5.97 Å². The molecule has 0 spiro atoms. The van der Waals surface area contributed by atoms with Crippen molar-refractivity contribution in [3.8, 4) is 0 Å². The number of ether oxygens (including phenoxy) is 1. The van der Waals surface area contributed by atoms with Crippen molar-refractivity contribution in [1.29, 1.82) is 0 Å². The first-order chi connectivity index (χ1) is 8.83. The normalized spacial score (nSPS) is 40.5. The number of carbonyl (C=O) groups excluding carboxylic acids is 2. The average molecular weight is 265 g/mol. The summed E-state index contributed by atoms with van der Waals surface area (Å²) in [6.07, 6.45) is 5.86. The number of esters is 1. The van der Waals surface area contributed by atoms with E-state index in [9.17, 15) is 9.59 Å². The third-order valence-electron chi connectivity index (χ3n) is 6.14. The summed E-state index contributed by atoms with van der Waals surface area (Å²) in [4.78, 5) is 24.8. The molecular formula is C15H23NO3. The fraction of sp³-hybridized carbons (Fsp3) is 0.867. The molecule has 4 nitrogen and oxygen atoms in total. The van der Waals surface area contributed by atoms with Crippen LogP contribution in [0, 0.1) is 10.8 Å². The Bertz CT molecular complexity index is 439. The van der Waals surface area contributed by atoms with Gasteiger partial charge in [0.05, 0.1) is 5.41 Å². The maximum absolute atomic E-state index is 12.7. The Morgan fingerprint density at radius 2 is 1.84 bits per heavy atom. The molecule has 1 aliphatic heterocycles. The molecule has 3 aliphatic rings. The van der Waals surface area contributed by atoms with Gasteiger partial charge in [0, 0.05) is 11.5 Å². The molecule has 3 rings (SSSR count). The van der Waals surface area contributed by atoms with Crippen molar-refractivity contribution in [3.05, 3.63) is 0 Å². The lowest BCUT2D eigenvalue weighted by Gasteiger charge is -2.36. The third-order valence-corrected chi connectivity index (χ3v) is 6.14. The second-order valence-corrected chi connectivity index (χ2v) is 7.13. The molecular weight excluding hydrogens is 242 g/mol. The minimum Gasteiger partial charge on any atom is -0.448 e. The lowest BCUT2D eigenvalue weighted by molar-refractivity contribution is -0.168. The van der Waals surface area contributed by atoms with Gasteiger partial charge in [-0.15, -0.1) is 0 Å². The first kappa shape index (κ1) is 12.9. The Balaban J connectivity index is 1.87. The Hall–Kier alpha value is -1.06. The topological polar surface area (TPSA) is 55.4 Å². The maximum atomic E-state index is 12.7. The van der Waals surface area contributed by atoms with Crippen LogP contribution in [0.15, 0.2) is 0 Å². The number of amides is 1. The van der Waals surface area contributed by atoms with Crippen molar-refractivity contribution in [2.24, 2.45) is 10.8 Å². The third kappa shape index (κ3) is 1.40. The first-order valence-electron chi connectivity index (χ1n) is 7.38. The van der Waals surface area contributed by atoms with Gasteiger partial charge in [-0.2, -0.15) is 0 Å². The lowest BCUT2D eigenvalue weighted by Crippen LogP contribution is -2.55. The molecule has 2 saturated carbocycles. The second-order valence-electron chi connectivity index (χ2n) is 7.13. The summed E-state index contributed by atoms with van der Waals surface area (Å²) in [5, 5.41) is 3.12. The highest BCUT2D eigenvalue weighted by molar-refractivity contribution is 5.96. The van der Waals surface area contributed by atoms with Crippen LogP contribution in [0.25, 0.3) is 0 Å². The van der Waals surface area contributed by atoms with Crippen LogP contribution in [0.1, 0.15) is 59.3 Å². The maximum Gasteiger partial charge on any atom is 0.313 e. The van der Waals surface area contributed by atoms with Crippen LogP contribution < -0.4 is 5.32 Å². The van der Waals surface area contributed by atoms with E-state index >= 15 is 0 Å². The monoisotopic (exact) mass is 265 g/mol. The van der Waals surface area contributed by atoms with Crippen molar-refractivity contribution in [2.75, 3.05) is 0 Å². The molecule has 1 N–H and O–H groups in total. The largest absolute Gasteiger partial charge is 0.448 e. The van der Waals surface area contributed by atoms with Gasteiger partial charge in [-0.1, -0.05) is 26.7 Å². The zero-order chi connectivity index (χ0) is 13.9. The zero-order valence-corrected chi connectivity index (χ0v) is 12.0. The van der Waals surface area contributed by atoms with Gasteiger partial charge in [0.1, 0.15) is 0 Å².